The summed E-state index contributed by atoms with van der Waals surface area (Å²) in [5.41, 5.74) is 2.02. The number of pyridine rings is 1. The van der Waals surface area contributed by atoms with Crippen LogP contribution in [0.1, 0.15) is 35.1 Å². The molecule has 1 aliphatic carbocycles. The van der Waals surface area contributed by atoms with Crippen LogP contribution >= 0.6 is 0 Å². The highest BCUT2D eigenvalue weighted by atomic mass is 16.3. The van der Waals surface area contributed by atoms with Crippen molar-refractivity contribution in [1.29, 1.82) is 0 Å². The number of aliphatic hydroxyl groups is 1. The monoisotopic (exact) mass is 322 g/mol. The number of rotatable bonds is 4. The summed E-state index contributed by atoms with van der Waals surface area (Å²) in [5.74, 6) is -0.0476. The van der Waals surface area contributed by atoms with Gasteiger partial charge in [-0.2, -0.15) is 5.10 Å². The van der Waals surface area contributed by atoms with E-state index in [4.69, 9.17) is 0 Å². The summed E-state index contributed by atoms with van der Waals surface area (Å²) < 4.78 is 0. The Balaban J connectivity index is 1.61. The van der Waals surface area contributed by atoms with Crippen molar-refractivity contribution in [2.75, 3.05) is 0 Å². The molecule has 6 heteroatoms. The molecule has 0 spiro atoms. The fourth-order valence-corrected chi connectivity index (χ4v) is 3.24. The van der Waals surface area contributed by atoms with E-state index in [0.29, 0.717) is 18.5 Å². The molecule has 4 rings (SSSR count). The van der Waals surface area contributed by atoms with Crippen LogP contribution in [-0.4, -0.2) is 32.3 Å². The van der Waals surface area contributed by atoms with Crippen LogP contribution in [0, 0.1) is 5.92 Å². The number of hydrogen-bond donors (Lipinski definition) is 3. The number of nitrogens with one attached hydrogen (secondary N) is 2. The molecule has 0 bridgehead atoms. The van der Waals surface area contributed by atoms with Gasteiger partial charge in [0, 0.05) is 11.6 Å². The summed E-state index contributed by atoms with van der Waals surface area (Å²) in [6.07, 6.45) is 2.77. The van der Waals surface area contributed by atoms with E-state index >= 15 is 0 Å². The van der Waals surface area contributed by atoms with Crippen LogP contribution in [0.5, 0.6) is 0 Å². The van der Waals surface area contributed by atoms with Crippen molar-refractivity contribution < 1.29 is 9.90 Å². The van der Waals surface area contributed by atoms with Crippen molar-refractivity contribution in [3.8, 4) is 0 Å². The number of fused-ring (bicyclic) bond motifs is 1. The zero-order chi connectivity index (χ0) is 16.5. The molecule has 0 unspecified atom stereocenters. The quantitative estimate of drug-likeness (QED) is 0.687. The van der Waals surface area contributed by atoms with Crippen molar-refractivity contribution in [3.63, 3.8) is 0 Å². The second kappa shape index (κ2) is 6.05. The Morgan fingerprint density at radius 1 is 1.21 bits per heavy atom. The molecule has 0 aliphatic heterocycles. The molecule has 122 valence electrons. The number of hydrogen-bond acceptors (Lipinski definition) is 4. The van der Waals surface area contributed by atoms with Crippen LogP contribution in [0.25, 0.3) is 10.9 Å². The lowest BCUT2D eigenvalue weighted by Gasteiger charge is -2.37. The second-order valence-electron chi connectivity index (χ2n) is 6.21. The third-order valence-corrected chi connectivity index (χ3v) is 4.60. The first-order valence-electron chi connectivity index (χ1n) is 8.05. The Labute approximate surface area is 138 Å². The molecule has 2 aromatic heterocycles. The molecular weight excluding hydrogens is 304 g/mol. The van der Waals surface area contributed by atoms with Crippen LogP contribution in [0.4, 0.5) is 0 Å². The van der Waals surface area contributed by atoms with Gasteiger partial charge in [0.1, 0.15) is 0 Å². The molecule has 1 aliphatic rings. The summed E-state index contributed by atoms with van der Waals surface area (Å²) in [7, 11) is 0. The smallest absolute Gasteiger partial charge is 0.272 e. The maximum absolute atomic E-state index is 12.7. The minimum atomic E-state index is -0.288. The molecule has 2 heterocycles. The first kappa shape index (κ1) is 14.8. The second-order valence-corrected chi connectivity index (χ2v) is 6.21. The number of amides is 1. The lowest BCUT2D eigenvalue weighted by molar-refractivity contribution is 0.0228. The Morgan fingerprint density at radius 2 is 2.00 bits per heavy atom. The number of aromatic nitrogens is 3. The fraction of sp³-hybridized carbons (Fsp3) is 0.278. The Bertz CT molecular complexity index is 856. The number of nitrogens with zero attached hydrogens (tertiary/aromatic N) is 2. The van der Waals surface area contributed by atoms with E-state index in [9.17, 15) is 9.90 Å². The highest BCUT2D eigenvalue weighted by Crippen LogP contribution is 2.37. The van der Waals surface area contributed by atoms with Crippen molar-refractivity contribution in [1.82, 2.24) is 20.5 Å². The normalized spacial score (nSPS) is 21.2. The first-order chi connectivity index (χ1) is 11.7. The van der Waals surface area contributed by atoms with E-state index in [1.165, 1.54) is 0 Å². The molecule has 0 radical (unpaired) electrons. The topological polar surface area (TPSA) is 90.9 Å². The molecule has 1 aromatic carbocycles. The molecule has 6 nitrogen and oxygen atoms in total. The largest absolute Gasteiger partial charge is 0.393 e. The number of H-pyrrole nitrogens is 1. The van der Waals surface area contributed by atoms with Gasteiger partial charge in [-0.15, -0.1) is 0 Å². The SMILES string of the molecule is O=C(N[C@@H](c1ccccn1)C1CC(O)C1)c1n[nH]c2ccccc12. The Hall–Kier alpha value is -2.73. The lowest BCUT2D eigenvalue weighted by atomic mass is 9.76. The summed E-state index contributed by atoms with van der Waals surface area (Å²) in [6, 6.07) is 13.0. The molecule has 24 heavy (non-hydrogen) atoms. The lowest BCUT2D eigenvalue weighted by Crippen LogP contribution is -2.41. The summed E-state index contributed by atoms with van der Waals surface area (Å²) in [4.78, 5) is 17.1. The molecule has 3 N–H and O–H groups in total. The van der Waals surface area contributed by atoms with Gasteiger partial charge < -0.3 is 10.4 Å². The predicted molar refractivity (Wildman–Crippen MR) is 89.3 cm³/mol. The summed E-state index contributed by atoms with van der Waals surface area (Å²) in [5, 5.41) is 20.5. The van der Waals surface area contributed by atoms with Gasteiger partial charge in [0.25, 0.3) is 5.91 Å². The number of aromatic amines is 1. The zero-order valence-corrected chi connectivity index (χ0v) is 13.0. The molecule has 1 saturated carbocycles. The Morgan fingerprint density at radius 3 is 2.75 bits per heavy atom. The van der Waals surface area contributed by atoms with Crippen molar-refractivity contribution in [2.24, 2.45) is 5.92 Å². The minimum absolute atomic E-state index is 0.184. The first-order valence-corrected chi connectivity index (χ1v) is 8.05. The predicted octanol–water partition coefficient (Wildman–Crippen LogP) is 2.20. The van der Waals surface area contributed by atoms with E-state index in [-0.39, 0.29) is 24.0 Å². The number of benzene rings is 1. The number of para-hydroxylation sites is 1. The van der Waals surface area contributed by atoms with Crippen LogP contribution < -0.4 is 5.32 Å². The van der Waals surface area contributed by atoms with Gasteiger partial charge >= 0.3 is 0 Å². The average Bonchev–Trinajstić information content (AvgIpc) is 3.02. The van der Waals surface area contributed by atoms with Crippen LogP contribution in [-0.2, 0) is 0 Å². The molecule has 0 saturated heterocycles. The van der Waals surface area contributed by atoms with Crippen LogP contribution in [0.3, 0.4) is 0 Å². The number of carbonyl (C=O) groups excluding carboxylic acids is 1. The summed E-state index contributed by atoms with van der Waals surface area (Å²) in [6.45, 7) is 0. The molecule has 1 fully saturated rings. The van der Waals surface area contributed by atoms with Gasteiger partial charge in [0.15, 0.2) is 5.69 Å². The van der Waals surface area contributed by atoms with Gasteiger partial charge in [-0.05, 0) is 37.0 Å². The molecule has 1 amide bonds. The molecule has 3 aromatic rings. The number of carbonyl (C=O) groups is 1. The Kier molecular flexibility index (Phi) is 3.74. The van der Waals surface area contributed by atoms with Crippen molar-refractivity contribution in [2.45, 2.75) is 25.0 Å². The van der Waals surface area contributed by atoms with Crippen molar-refractivity contribution >= 4 is 16.8 Å². The fourth-order valence-electron chi connectivity index (χ4n) is 3.24. The third-order valence-electron chi connectivity index (χ3n) is 4.60. The molecular formula is C18H18N4O2. The maximum atomic E-state index is 12.7. The van der Waals surface area contributed by atoms with Gasteiger partial charge in [-0.3, -0.25) is 14.9 Å². The van der Waals surface area contributed by atoms with E-state index in [1.54, 1.807) is 6.20 Å². The van der Waals surface area contributed by atoms with Crippen molar-refractivity contribution in [3.05, 3.63) is 60.0 Å². The van der Waals surface area contributed by atoms with Gasteiger partial charge in [-0.25, -0.2) is 0 Å². The summed E-state index contributed by atoms with van der Waals surface area (Å²) >= 11 is 0. The van der Waals surface area contributed by atoms with E-state index in [2.05, 4.69) is 20.5 Å². The molecule has 1 atom stereocenters. The van der Waals surface area contributed by atoms with Crippen LogP contribution in [0.2, 0.25) is 0 Å². The van der Waals surface area contributed by atoms with E-state index in [0.717, 1.165) is 16.6 Å². The average molecular weight is 322 g/mol. The van der Waals surface area contributed by atoms with Gasteiger partial charge in [0.05, 0.1) is 23.4 Å². The van der Waals surface area contributed by atoms with E-state index in [1.807, 2.05) is 42.5 Å². The van der Waals surface area contributed by atoms with Gasteiger partial charge in [0.2, 0.25) is 0 Å². The highest BCUT2D eigenvalue weighted by molar-refractivity contribution is 6.04. The maximum Gasteiger partial charge on any atom is 0.272 e. The standard InChI is InChI=1S/C18H18N4O2/c23-12-9-11(10-12)16(15-7-3-4-8-19-15)20-18(24)17-13-5-1-2-6-14(13)21-22-17/h1-8,11-12,16,23H,9-10H2,(H,20,24)(H,21,22)/t11?,12?,16-/m1/s1. The van der Waals surface area contributed by atoms with Gasteiger partial charge in [-0.1, -0.05) is 24.3 Å². The van der Waals surface area contributed by atoms with E-state index < -0.39 is 0 Å². The minimum Gasteiger partial charge on any atom is -0.393 e. The van der Waals surface area contributed by atoms with Crippen LogP contribution in [0.15, 0.2) is 48.7 Å². The number of aliphatic hydroxyl groups excluding tert-OH is 1. The third kappa shape index (κ3) is 2.65. The highest BCUT2D eigenvalue weighted by Gasteiger charge is 2.36. The zero-order valence-electron chi connectivity index (χ0n) is 13.0.